The van der Waals surface area contributed by atoms with E-state index in [1.807, 2.05) is 30.3 Å². The molecule has 7 heteroatoms. The van der Waals surface area contributed by atoms with E-state index in [4.69, 9.17) is 28.9 Å². The van der Waals surface area contributed by atoms with E-state index < -0.39 is 6.04 Å². The number of carbonyl (C=O) groups excluding carboxylic acids is 2. The van der Waals surface area contributed by atoms with E-state index in [2.05, 4.69) is 10.2 Å². The maximum atomic E-state index is 13.1. The van der Waals surface area contributed by atoms with Crippen LogP contribution in [0.3, 0.4) is 0 Å². The number of anilines is 1. The predicted octanol–water partition coefficient (Wildman–Crippen LogP) is 3.87. The minimum absolute atomic E-state index is 0.132. The van der Waals surface area contributed by atoms with Crippen LogP contribution in [0.4, 0.5) is 5.69 Å². The monoisotopic (exact) mass is 405 g/mol. The summed E-state index contributed by atoms with van der Waals surface area (Å²) in [4.78, 5) is 26.6. The highest BCUT2D eigenvalue weighted by Gasteiger charge is 2.32. The van der Waals surface area contributed by atoms with Crippen LogP contribution in [0.1, 0.15) is 24.4 Å². The number of likely N-dealkylation sites (tertiary alicyclic amines) is 1. The third-order valence-corrected chi connectivity index (χ3v) is 5.23. The average molecular weight is 406 g/mol. The minimum atomic E-state index is -0.474. The molecule has 2 aromatic rings. The second-order valence-corrected chi connectivity index (χ2v) is 7.55. The molecule has 1 saturated heterocycles. The molecular weight excluding hydrogens is 385 g/mol. The van der Waals surface area contributed by atoms with Crippen LogP contribution in [0.5, 0.6) is 0 Å². The second kappa shape index (κ2) is 8.74. The van der Waals surface area contributed by atoms with Crippen LogP contribution in [-0.2, 0) is 9.59 Å². The van der Waals surface area contributed by atoms with Gasteiger partial charge in [-0.15, -0.1) is 0 Å². The first-order chi connectivity index (χ1) is 12.9. The molecule has 1 aliphatic heterocycles. The SMILES string of the molecule is NC(=O)C1CCN([C@H](C(=O)Nc2cc(Cl)cc(Cl)c2)c2ccccc2)CC1. The van der Waals surface area contributed by atoms with Gasteiger partial charge in [0.1, 0.15) is 6.04 Å². The molecule has 0 bridgehead atoms. The first-order valence-corrected chi connectivity index (χ1v) is 9.55. The smallest absolute Gasteiger partial charge is 0.246 e. The molecule has 3 rings (SSSR count). The van der Waals surface area contributed by atoms with Gasteiger partial charge in [-0.05, 0) is 49.7 Å². The number of carbonyl (C=O) groups is 2. The molecule has 1 fully saturated rings. The summed E-state index contributed by atoms with van der Waals surface area (Å²) in [7, 11) is 0. The zero-order chi connectivity index (χ0) is 19.4. The first kappa shape index (κ1) is 19.7. The first-order valence-electron chi connectivity index (χ1n) is 8.79. The van der Waals surface area contributed by atoms with Gasteiger partial charge in [0.05, 0.1) is 0 Å². The Labute approximate surface area is 168 Å². The molecule has 2 amide bonds. The van der Waals surface area contributed by atoms with Crippen LogP contribution in [-0.4, -0.2) is 29.8 Å². The van der Waals surface area contributed by atoms with Gasteiger partial charge in [-0.3, -0.25) is 14.5 Å². The number of hydrogen-bond donors (Lipinski definition) is 2. The Morgan fingerprint density at radius 3 is 2.19 bits per heavy atom. The standard InChI is InChI=1S/C20H21Cl2N3O2/c21-15-10-16(22)12-17(11-15)24-20(27)18(13-4-2-1-3-5-13)25-8-6-14(7-9-25)19(23)26/h1-5,10-12,14,18H,6-9H2,(H2,23,26)(H,24,27)/t18-/m0/s1. The highest BCUT2D eigenvalue weighted by molar-refractivity contribution is 6.35. The normalized spacial score (nSPS) is 16.7. The summed E-state index contributed by atoms with van der Waals surface area (Å²) < 4.78 is 0. The van der Waals surface area contributed by atoms with Crippen molar-refractivity contribution in [3.63, 3.8) is 0 Å². The maximum Gasteiger partial charge on any atom is 0.246 e. The second-order valence-electron chi connectivity index (χ2n) is 6.67. The Hall–Kier alpha value is -2.08. The molecule has 0 unspecified atom stereocenters. The summed E-state index contributed by atoms with van der Waals surface area (Å²) in [5.74, 6) is -0.575. The molecule has 0 spiro atoms. The molecule has 27 heavy (non-hydrogen) atoms. The van der Waals surface area contributed by atoms with Crippen molar-refractivity contribution in [1.29, 1.82) is 0 Å². The topological polar surface area (TPSA) is 75.4 Å². The van der Waals surface area contributed by atoms with Crippen molar-refractivity contribution in [2.75, 3.05) is 18.4 Å². The fourth-order valence-electron chi connectivity index (χ4n) is 3.44. The van der Waals surface area contributed by atoms with Gasteiger partial charge in [-0.2, -0.15) is 0 Å². The number of hydrogen-bond acceptors (Lipinski definition) is 3. The average Bonchev–Trinajstić information content (AvgIpc) is 2.62. The lowest BCUT2D eigenvalue weighted by Crippen LogP contribution is -2.44. The Kier molecular flexibility index (Phi) is 6.37. The fourth-order valence-corrected chi connectivity index (χ4v) is 3.97. The van der Waals surface area contributed by atoms with Gasteiger partial charge in [0, 0.05) is 21.7 Å². The summed E-state index contributed by atoms with van der Waals surface area (Å²) in [5.41, 5.74) is 6.86. The van der Waals surface area contributed by atoms with Crippen molar-refractivity contribution in [1.82, 2.24) is 4.90 Å². The van der Waals surface area contributed by atoms with Crippen molar-refractivity contribution in [3.05, 3.63) is 64.1 Å². The lowest BCUT2D eigenvalue weighted by molar-refractivity contribution is -0.125. The summed E-state index contributed by atoms with van der Waals surface area (Å²) in [6.07, 6.45) is 1.30. The largest absolute Gasteiger partial charge is 0.369 e. The van der Waals surface area contributed by atoms with Crippen molar-refractivity contribution < 1.29 is 9.59 Å². The Morgan fingerprint density at radius 1 is 1.04 bits per heavy atom. The highest BCUT2D eigenvalue weighted by Crippen LogP contribution is 2.29. The summed E-state index contributed by atoms with van der Waals surface area (Å²) in [6.45, 7) is 1.24. The molecule has 1 heterocycles. The number of halogens is 2. The van der Waals surface area contributed by atoms with Crippen molar-refractivity contribution >= 4 is 40.7 Å². The number of amides is 2. The number of primary amides is 1. The molecule has 0 saturated carbocycles. The van der Waals surface area contributed by atoms with Crippen LogP contribution < -0.4 is 11.1 Å². The van der Waals surface area contributed by atoms with Crippen LogP contribution in [0.25, 0.3) is 0 Å². The van der Waals surface area contributed by atoms with Crippen LogP contribution in [0, 0.1) is 5.92 Å². The van der Waals surface area contributed by atoms with Crippen molar-refractivity contribution in [2.24, 2.45) is 11.7 Å². The van der Waals surface area contributed by atoms with E-state index in [1.54, 1.807) is 18.2 Å². The van der Waals surface area contributed by atoms with Gasteiger partial charge in [0.15, 0.2) is 0 Å². The number of benzene rings is 2. The van der Waals surface area contributed by atoms with Crippen LogP contribution >= 0.6 is 23.2 Å². The molecule has 2 aromatic carbocycles. The number of rotatable bonds is 5. The molecular formula is C20H21Cl2N3O2. The summed E-state index contributed by atoms with van der Waals surface area (Å²) >= 11 is 12.1. The van der Waals surface area contributed by atoms with E-state index in [0.717, 1.165) is 5.56 Å². The van der Waals surface area contributed by atoms with E-state index in [-0.39, 0.29) is 17.7 Å². The van der Waals surface area contributed by atoms with Gasteiger partial charge in [0.25, 0.3) is 0 Å². The third-order valence-electron chi connectivity index (χ3n) is 4.79. The molecule has 0 radical (unpaired) electrons. The van der Waals surface area contributed by atoms with Crippen LogP contribution in [0.2, 0.25) is 10.0 Å². The zero-order valence-corrected chi connectivity index (χ0v) is 16.2. The summed E-state index contributed by atoms with van der Waals surface area (Å²) in [6, 6.07) is 14.0. The highest BCUT2D eigenvalue weighted by atomic mass is 35.5. The zero-order valence-electron chi connectivity index (χ0n) is 14.7. The third kappa shape index (κ3) is 5.01. The molecule has 3 N–H and O–H groups in total. The van der Waals surface area contributed by atoms with Gasteiger partial charge in [-0.1, -0.05) is 53.5 Å². The van der Waals surface area contributed by atoms with Crippen LogP contribution in [0.15, 0.2) is 48.5 Å². The van der Waals surface area contributed by atoms with E-state index in [1.165, 1.54) is 0 Å². The molecule has 142 valence electrons. The van der Waals surface area contributed by atoms with Gasteiger partial charge >= 0.3 is 0 Å². The predicted molar refractivity (Wildman–Crippen MR) is 108 cm³/mol. The van der Waals surface area contributed by atoms with E-state index in [9.17, 15) is 9.59 Å². The Bertz CT molecular complexity index is 801. The van der Waals surface area contributed by atoms with E-state index in [0.29, 0.717) is 41.7 Å². The fraction of sp³-hybridized carbons (Fsp3) is 0.300. The number of nitrogens with two attached hydrogens (primary N) is 1. The summed E-state index contributed by atoms with van der Waals surface area (Å²) in [5, 5.41) is 3.82. The molecule has 1 atom stereocenters. The Morgan fingerprint density at radius 2 is 1.63 bits per heavy atom. The lowest BCUT2D eigenvalue weighted by atomic mass is 9.93. The van der Waals surface area contributed by atoms with Gasteiger partial charge < -0.3 is 11.1 Å². The quantitative estimate of drug-likeness (QED) is 0.792. The Balaban J connectivity index is 1.82. The molecule has 0 aliphatic carbocycles. The van der Waals surface area contributed by atoms with E-state index >= 15 is 0 Å². The molecule has 1 aliphatic rings. The maximum absolute atomic E-state index is 13.1. The molecule has 5 nitrogen and oxygen atoms in total. The number of nitrogens with one attached hydrogen (secondary N) is 1. The van der Waals surface area contributed by atoms with Crippen molar-refractivity contribution in [3.8, 4) is 0 Å². The van der Waals surface area contributed by atoms with Gasteiger partial charge in [0.2, 0.25) is 11.8 Å². The minimum Gasteiger partial charge on any atom is -0.369 e. The molecule has 0 aromatic heterocycles. The van der Waals surface area contributed by atoms with Crippen molar-refractivity contribution in [2.45, 2.75) is 18.9 Å². The lowest BCUT2D eigenvalue weighted by Gasteiger charge is -2.36. The number of nitrogens with zero attached hydrogens (tertiary/aromatic N) is 1. The van der Waals surface area contributed by atoms with Gasteiger partial charge in [-0.25, -0.2) is 0 Å². The number of piperidine rings is 1.